The molecule has 0 aliphatic heterocycles. The van der Waals surface area contributed by atoms with E-state index in [1.165, 1.54) is 0 Å². The van der Waals surface area contributed by atoms with Crippen LogP contribution in [-0.4, -0.2) is 15.0 Å². The number of hydrogen-bond donors (Lipinski definition) is 1. The van der Waals surface area contributed by atoms with Gasteiger partial charge in [-0.2, -0.15) is 0 Å². The first-order valence-corrected chi connectivity index (χ1v) is 4.78. The third-order valence-electron chi connectivity index (χ3n) is 2.40. The van der Waals surface area contributed by atoms with Gasteiger partial charge in [0, 0.05) is 11.6 Å². The molecular weight excluding hydrogens is 186 g/mol. The van der Waals surface area contributed by atoms with Crippen molar-refractivity contribution in [2.45, 2.75) is 0 Å². The van der Waals surface area contributed by atoms with Crippen molar-refractivity contribution in [2.75, 3.05) is 0 Å². The summed E-state index contributed by atoms with van der Waals surface area (Å²) in [6.07, 6.45) is 3.49. The number of aromatic nitrogens is 3. The van der Waals surface area contributed by atoms with Gasteiger partial charge < -0.3 is 4.98 Å². The monoisotopic (exact) mass is 195 g/mol. The van der Waals surface area contributed by atoms with Crippen molar-refractivity contribution >= 4 is 10.9 Å². The van der Waals surface area contributed by atoms with E-state index in [4.69, 9.17) is 0 Å². The maximum absolute atomic E-state index is 4.31. The number of nitrogens with one attached hydrogen (secondary N) is 1. The van der Waals surface area contributed by atoms with Crippen LogP contribution < -0.4 is 0 Å². The van der Waals surface area contributed by atoms with Gasteiger partial charge in [-0.3, -0.25) is 0 Å². The third-order valence-corrected chi connectivity index (χ3v) is 2.40. The maximum Gasteiger partial charge on any atom is 0.116 e. The van der Waals surface area contributed by atoms with Crippen molar-refractivity contribution < 1.29 is 0 Å². The molecule has 0 spiro atoms. The van der Waals surface area contributed by atoms with E-state index in [1.54, 1.807) is 6.33 Å². The standard InChI is InChI=1S/C12H9N3/c1-2-5-10-9(4-1)12(15-8-14-10)11-6-3-7-13-11/h1-8,13H. The number of rotatable bonds is 1. The maximum atomic E-state index is 4.31. The van der Waals surface area contributed by atoms with E-state index in [2.05, 4.69) is 15.0 Å². The lowest BCUT2D eigenvalue weighted by Gasteiger charge is -2.01. The van der Waals surface area contributed by atoms with Gasteiger partial charge >= 0.3 is 0 Å². The summed E-state index contributed by atoms with van der Waals surface area (Å²) >= 11 is 0. The fraction of sp³-hybridized carbons (Fsp3) is 0. The van der Waals surface area contributed by atoms with Gasteiger partial charge in [-0.25, -0.2) is 9.97 Å². The molecule has 0 bridgehead atoms. The summed E-state index contributed by atoms with van der Waals surface area (Å²) in [7, 11) is 0. The van der Waals surface area contributed by atoms with E-state index >= 15 is 0 Å². The molecule has 0 unspecified atom stereocenters. The number of nitrogens with zero attached hydrogens (tertiary/aromatic N) is 2. The molecule has 0 saturated heterocycles. The molecule has 72 valence electrons. The second-order valence-electron chi connectivity index (χ2n) is 3.32. The molecule has 2 heterocycles. The van der Waals surface area contributed by atoms with Crippen molar-refractivity contribution in [3.8, 4) is 11.4 Å². The van der Waals surface area contributed by atoms with Gasteiger partial charge in [-0.1, -0.05) is 18.2 Å². The molecule has 2 aromatic heterocycles. The zero-order valence-electron chi connectivity index (χ0n) is 8.01. The minimum absolute atomic E-state index is 0.950. The Bertz CT molecular complexity index is 579. The lowest BCUT2D eigenvalue weighted by Crippen LogP contribution is -1.88. The fourth-order valence-corrected chi connectivity index (χ4v) is 1.70. The van der Waals surface area contributed by atoms with Crippen molar-refractivity contribution in [3.05, 3.63) is 48.9 Å². The SMILES string of the molecule is c1c[nH]c(-c2ncnc3ccccc23)c1. The Morgan fingerprint density at radius 1 is 0.933 bits per heavy atom. The molecular formula is C12H9N3. The van der Waals surface area contributed by atoms with Crippen LogP contribution in [0.4, 0.5) is 0 Å². The van der Waals surface area contributed by atoms with Gasteiger partial charge in [-0.15, -0.1) is 0 Å². The molecule has 3 rings (SSSR count). The molecule has 0 saturated carbocycles. The average molecular weight is 195 g/mol. The fourth-order valence-electron chi connectivity index (χ4n) is 1.70. The molecule has 0 aliphatic carbocycles. The van der Waals surface area contributed by atoms with Crippen LogP contribution in [0.2, 0.25) is 0 Å². The number of hydrogen-bond acceptors (Lipinski definition) is 2. The number of para-hydroxylation sites is 1. The van der Waals surface area contributed by atoms with E-state index in [1.807, 2.05) is 42.6 Å². The van der Waals surface area contributed by atoms with Crippen molar-refractivity contribution in [1.82, 2.24) is 15.0 Å². The van der Waals surface area contributed by atoms with Gasteiger partial charge in [0.15, 0.2) is 0 Å². The van der Waals surface area contributed by atoms with Gasteiger partial charge in [-0.05, 0) is 18.2 Å². The number of H-pyrrole nitrogens is 1. The van der Waals surface area contributed by atoms with Crippen LogP contribution in [0.25, 0.3) is 22.3 Å². The Morgan fingerprint density at radius 2 is 1.87 bits per heavy atom. The summed E-state index contributed by atoms with van der Waals surface area (Å²) in [5.41, 5.74) is 2.94. The van der Waals surface area contributed by atoms with Crippen molar-refractivity contribution in [1.29, 1.82) is 0 Å². The summed E-state index contributed by atoms with van der Waals surface area (Å²) in [4.78, 5) is 11.7. The second kappa shape index (κ2) is 3.20. The summed E-state index contributed by atoms with van der Waals surface area (Å²) in [5.74, 6) is 0. The molecule has 3 nitrogen and oxygen atoms in total. The van der Waals surface area contributed by atoms with Crippen LogP contribution in [-0.2, 0) is 0 Å². The lowest BCUT2D eigenvalue weighted by atomic mass is 10.1. The Hall–Kier alpha value is -2.16. The molecule has 3 heteroatoms. The summed E-state index contributed by atoms with van der Waals surface area (Å²) in [5, 5.41) is 1.07. The predicted molar refractivity (Wildman–Crippen MR) is 59.3 cm³/mol. The van der Waals surface area contributed by atoms with Crippen molar-refractivity contribution in [3.63, 3.8) is 0 Å². The Morgan fingerprint density at radius 3 is 2.73 bits per heavy atom. The van der Waals surface area contributed by atoms with Crippen LogP contribution in [0.1, 0.15) is 0 Å². The first kappa shape index (κ1) is 8.17. The highest BCUT2D eigenvalue weighted by Gasteiger charge is 2.05. The number of benzene rings is 1. The lowest BCUT2D eigenvalue weighted by molar-refractivity contribution is 1.21. The minimum Gasteiger partial charge on any atom is -0.360 e. The number of fused-ring (bicyclic) bond motifs is 1. The predicted octanol–water partition coefficient (Wildman–Crippen LogP) is 2.62. The Labute approximate surface area is 86.8 Å². The molecule has 1 N–H and O–H groups in total. The largest absolute Gasteiger partial charge is 0.360 e. The summed E-state index contributed by atoms with van der Waals surface area (Å²) < 4.78 is 0. The quantitative estimate of drug-likeness (QED) is 0.648. The molecule has 15 heavy (non-hydrogen) atoms. The highest BCUT2D eigenvalue weighted by Crippen LogP contribution is 2.22. The van der Waals surface area contributed by atoms with Crippen molar-refractivity contribution in [2.24, 2.45) is 0 Å². The van der Waals surface area contributed by atoms with E-state index in [0.29, 0.717) is 0 Å². The van der Waals surface area contributed by atoms with Crippen LogP contribution in [0.15, 0.2) is 48.9 Å². The van der Waals surface area contributed by atoms with Crippen LogP contribution in [0, 0.1) is 0 Å². The van der Waals surface area contributed by atoms with E-state index < -0.39 is 0 Å². The van der Waals surface area contributed by atoms with Crippen LogP contribution in [0.5, 0.6) is 0 Å². The van der Waals surface area contributed by atoms with E-state index in [0.717, 1.165) is 22.3 Å². The normalized spacial score (nSPS) is 10.7. The first-order chi connectivity index (χ1) is 7.45. The topological polar surface area (TPSA) is 41.6 Å². The van der Waals surface area contributed by atoms with E-state index in [-0.39, 0.29) is 0 Å². The van der Waals surface area contributed by atoms with Gasteiger partial charge in [0.2, 0.25) is 0 Å². The summed E-state index contributed by atoms with van der Waals surface area (Å²) in [6.45, 7) is 0. The molecule has 0 atom stereocenters. The van der Waals surface area contributed by atoms with Gasteiger partial charge in [0.1, 0.15) is 6.33 Å². The minimum atomic E-state index is 0.950. The molecule has 0 fully saturated rings. The molecule has 1 aromatic carbocycles. The Kier molecular flexibility index (Phi) is 1.75. The highest BCUT2D eigenvalue weighted by atomic mass is 14.9. The number of aromatic amines is 1. The average Bonchev–Trinajstić information content (AvgIpc) is 2.82. The van der Waals surface area contributed by atoms with Crippen LogP contribution in [0.3, 0.4) is 0 Å². The zero-order valence-corrected chi connectivity index (χ0v) is 8.01. The highest BCUT2D eigenvalue weighted by molar-refractivity contribution is 5.90. The van der Waals surface area contributed by atoms with E-state index in [9.17, 15) is 0 Å². The molecule has 3 aromatic rings. The van der Waals surface area contributed by atoms with Gasteiger partial charge in [0.25, 0.3) is 0 Å². The molecule has 0 aliphatic rings. The zero-order chi connectivity index (χ0) is 10.1. The first-order valence-electron chi connectivity index (χ1n) is 4.78. The van der Waals surface area contributed by atoms with Gasteiger partial charge in [0.05, 0.1) is 16.9 Å². The molecule has 0 amide bonds. The third kappa shape index (κ3) is 1.29. The smallest absolute Gasteiger partial charge is 0.116 e. The molecule has 0 radical (unpaired) electrons. The second-order valence-corrected chi connectivity index (χ2v) is 3.32. The summed E-state index contributed by atoms with van der Waals surface area (Å²) in [6, 6.07) is 12.0. The van der Waals surface area contributed by atoms with Crippen LogP contribution >= 0.6 is 0 Å². The Balaban J connectivity index is 2.36.